The van der Waals surface area contributed by atoms with Gasteiger partial charge in [-0.05, 0) is 44.0 Å². The number of amides is 1. The monoisotopic (exact) mass is 277 g/mol. The molecule has 20 heavy (non-hydrogen) atoms. The van der Waals surface area contributed by atoms with Gasteiger partial charge in [0.05, 0.1) is 7.11 Å². The lowest BCUT2D eigenvalue weighted by molar-refractivity contribution is -0.713. The zero-order valence-electron chi connectivity index (χ0n) is 12.6. The average molecular weight is 277 g/mol. The molecule has 2 rings (SSSR count). The minimum absolute atomic E-state index is 0.0531. The van der Waals surface area contributed by atoms with Crippen LogP contribution >= 0.6 is 0 Å². The lowest BCUT2D eigenvalue weighted by atomic mass is 10.0. The summed E-state index contributed by atoms with van der Waals surface area (Å²) >= 11 is 0. The number of quaternary nitrogens is 1. The van der Waals surface area contributed by atoms with Crippen LogP contribution in [0, 0.1) is 0 Å². The summed E-state index contributed by atoms with van der Waals surface area (Å²) in [6.07, 6.45) is 3.26. The predicted octanol–water partition coefficient (Wildman–Crippen LogP) is 1.38. The summed E-state index contributed by atoms with van der Waals surface area (Å²) in [6.45, 7) is 4.13. The van der Waals surface area contributed by atoms with Gasteiger partial charge in [0.15, 0.2) is 6.04 Å². The number of rotatable bonds is 7. The van der Waals surface area contributed by atoms with Gasteiger partial charge in [0.25, 0.3) is 5.91 Å². The Morgan fingerprint density at radius 2 is 2.05 bits per heavy atom. The molecule has 0 aliphatic heterocycles. The topological polar surface area (TPSA) is 54.9 Å². The van der Waals surface area contributed by atoms with Crippen molar-refractivity contribution < 1.29 is 14.8 Å². The number of hydrogen-bond acceptors (Lipinski definition) is 2. The zero-order chi connectivity index (χ0) is 14.5. The van der Waals surface area contributed by atoms with E-state index in [0.29, 0.717) is 12.1 Å². The molecule has 1 amide bonds. The summed E-state index contributed by atoms with van der Waals surface area (Å²) in [4.78, 5) is 12.0. The SMILES string of the molecule is CC[C@H]([NH2+][C@@H](C)C(=O)NC1CC1)c1ccc(OC)cc1. The lowest BCUT2D eigenvalue weighted by Crippen LogP contribution is -2.92. The van der Waals surface area contributed by atoms with Crippen molar-refractivity contribution in [3.63, 3.8) is 0 Å². The molecule has 1 fully saturated rings. The number of ether oxygens (including phenoxy) is 1. The third-order valence-corrected chi connectivity index (χ3v) is 3.84. The number of methoxy groups -OCH3 is 1. The Hall–Kier alpha value is -1.55. The van der Waals surface area contributed by atoms with Gasteiger partial charge in [-0.15, -0.1) is 0 Å². The van der Waals surface area contributed by atoms with Gasteiger partial charge < -0.3 is 15.4 Å². The van der Waals surface area contributed by atoms with Crippen molar-refractivity contribution in [2.75, 3.05) is 7.11 Å². The maximum Gasteiger partial charge on any atom is 0.278 e. The van der Waals surface area contributed by atoms with Crippen molar-refractivity contribution in [3.8, 4) is 5.75 Å². The molecule has 0 saturated heterocycles. The molecule has 1 aromatic carbocycles. The van der Waals surface area contributed by atoms with Crippen LogP contribution in [0.15, 0.2) is 24.3 Å². The maximum atomic E-state index is 12.0. The van der Waals surface area contributed by atoms with Crippen molar-refractivity contribution in [2.24, 2.45) is 0 Å². The minimum atomic E-state index is -0.0531. The lowest BCUT2D eigenvalue weighted by Gasteiger charge is -2.19. The Labute approximate surface area is 120 Å². The molecule has 2 atom stereocenters. The Bertz CT molecular complexity index is 440. The molecule has 110 valence electrons. The van der Waals surface area contributed by atoms with Crippen molar-refractivity contribution in [3.05, 3.63) is 29.8 Å². The smallest absolute Gasteiger partial charge is 0.278 e. The highest BCUT2D eigenvalue weighted by Crippen LogP contribution is 2.19. The highest BCUT2D eigenvalue weighted by Gasteiger charge is 2.28. The Morgan fingerprint density at radius 1 is 1.40 bits per heavy atom. The predicted molar refractivity (Wildman–Crippen MR) is 78.6 cm³/mol. The first-order valence-corrected chi connectivity index (χ1v) is 7.43. The van der Waals surface area contributed by atoms with Gasteiger partial charge in [-0.3, -0.25) is 4.79 Å². The van der Waals surface area contributed by atoms with E-state index in [9.17, 15) is 4.79 Å². The van der Waals surface area contributed by atoms with Crippen LogP contribution in [0.1, 0.15) is 44.7 Å². The molecule has 0 aromatic heterocycles. The summed E-state index contributed by atoms with van der Waals surface area (Å²) in [7, 11) is 1.67. The van der Waals surface area contributed by atoms with Crippen LogP contribution in [0.25, 0.3) is 0 Å². The fourth-order valence-corrected chi connectivity index (χ4v) is 2.33. The van der Waals surface area contributed by atoms with E-state index in [1.165, 1.54) is 5.56 Å². The van der Waals surface area contributed by atoms with Crippen LogP contribution in [-0.4, -0.2) is 25.1 Å². The van der Waals surface area contributed by atoms with E-state index in [1.807, 2.05) is 19.1 Å². The highest BCUT2D eigenvalue weighted by atomic mass is 16.5. The zero-order valence-corrected chi connectivity index (χ0v) is 12.6. The van der Waals surface area contributed by atoms with Crippen LogP contribution < -0.4 is 15.4 Å². The standard InChI is InChI=1S/C16H24N2O2/c1-4-15(12-5-9-14(20-3)10-6-12)17-11(2)16(19)18-13-7-8-13/h5-6,9-11,13,15,17H,4,7-8H2,1-3H3,(H,18,19)/p+1/t11-,15-/m0/s1. The van der Waals surface area contributed by atoms with Crippen molar-refractivity contribution in [2.45, 2.75) is 51.2 Å². The first-order chi connectivity index (χ1) is 9.63. The summed E-state index contributed by atoms with van der Waals surface area (Å²) in [5, 5.41) is 5.21. The van der Waals surface area contributed by atoms with Crippen molar-refractivity contribution in [1.82, 2.24) is 5.32 Å². The second-order valence-corrected chi connectivity index (χ2v) is 5.55. The normalized spacial score (nSPS) is 17.4. The van der Waals surface area contributed by atoms with Gasteiger partial charge in [0, 0.05) is 18.0 Å². The molecule has 3 N–H and O–H groups in total. The largest absolute Gasteiger partial charge is 0.497 e. The summed E-state index contributed by atoms with van der Waals surface area (Å²) < 4.78 is 5.18. The summed E-state index contributed by atoms with van der Waals surface area (Å²) in [5.74, 6) is 1.02. The second kappa shape index (κ2) is 6.75. The molecule has 1 aliphatic rings. The van der Waals surface area contributed by atoms with E-state index >= 15 is 0 Å². The first kappa shape index (κ1) is 14.9. The van der Waals surface area contributed by atoms with Gasteiger partial charge >= 0.3 is 0 Å². The number of carbonyl (C=O) groups excluding carboxylic acids is 1. The van der Waals surface area contributed by atoms with Crippen molar-refractivity contribution in [1.29, 1.82) is 0 Å². The highest BCUT2D eigenvalue weighted by molar-refractivity contribution is 5.80. The molecular weight excluding hydrogens is 252 g/mol. The Morgan fingerprint density at radius 3 is 2.55 bits per heavy atom. The molecule has 0 heterocycles. The second-order valence-electron chi connectivity index (χ2n) is 5.55. The summed E-state index contributed by atoms with van der Waals surface area (Å²) in [5.41, 5.74) is 1.24. The van der Waals surface area contributed by atoms with Crippen LogP contribution in [0.2, 0.25) is 0 Å². The number of hydrogen-bond donors (Lipinski definition) is 2. The molecule has 4 nitrogen and oxygen atoms in total. The molecular formula is C16H25N2O2+. The Balaban J connectivity index is 1.94. The van der Waals surface area contributed by atoms with Crippen LogP contribution in [0.3, 0.4) is 0 Å². The number of benzene rings is 1. The van der Waals surface area contributed by atoms with Crippen molar-refractivity contribution >= 4 is 5.91 Å². The number of nitrogens with two attached hydrogens (primary N) is 1. The number of carbonyl (C=O) groups is 1. The van der Waals surface area contributed by atoms with Crippen LogP contribution in [-0.2, 0) is 4.79 Å². The Kier molecular flexibility index (Phi) is 5.01. The van der Waals surface area contributed by atoms with Gasteiger partial charge in [-0.2, -0.15) is 0 Å². The molecule has 4 heteroatoms. The van der Waals surface area contributed by atoms with E-state index < -0.39 is 0 Å². The molecule has 0 unspecified atom stereocenters. The molecule has 0 bridgehead atoms. The number of nitrogens with one attached hydrogen (secondary N) is 1. The third kappa shape index (κ3) is 3.97. The maximum absolute atomic E-state index is 12.0. The molecule has 0 spiro atoms. The fraction of sp³-hybridized carbons (Fsp3) is 0.562. The van der Waals surface area contributed by atoms with Gasteiger partial charge in [0.1, 0.15) is 11.8 Å². The van der Waals surface area contributed by atoms with Gasteiger partial charge in [0.2, 0.25) is 0 Å². The summed E-state index contributed by atoms with van der Waals surface area (Å²) in [6, 6.07) is 8.79. The van der Waals surface area contributed by atoms with E-state index in [2.05, 4.69) is 29.7 Å². The van der Waals surface area contributed by atoms with Gasteiger partial charge in [-0.1, -0.05) is 6.92 Å². The molecule has 1 aliphatic carbocycles. The fourth-order valence-electron chi connectivity index (χ4n) is 2.33. The third-order valence-electron chi connectivity index (χ3n) is 3.84. The van der Waals surface area contributed by atoms with Crippen LogP contribution in [0.4, 0.5) is 0 Å². The van der Waals surface area contributed by atoms with E-state index in [-0.39, 0.29) is 11.9 Å². The van der Waals surface area contributed by atoms with E-state index in [4.69, 9.17) is 4.74 Å². The van der Waals surface area contributed by atoms with Gasteiger partial charge in [-0.25, -0.2) is 0 Å². The first-order valence-electron chi connectivity index (χ1n) is 7.43. The molecule has 1 saturated carbocycles. The quantitative estimate of drug-likeness (QED) is 0.791. The minimum Gasteiger partial charge on any atom is -0.497 e. The van der Waals surface area contributed by atoms with Crippen LogP contribution in [0.5, 0.6) is 5.75 Å². The van der Waals surface area contributed by atoms with E-state index in [0.717, 1.165) is 25.0 Å². The molecule has 0 radical (unpaired) electrons. The van der Waals surface area contributed by atoms with E-state index in [1.54, 1.807) is 7.11 Å². The average Bonchev–Trinajstić information content (AvgIpc) is 3.28. The molecule has 1 aromatic rings.